The van der Waals surface area contributed by atoms with Crippen molar-refractivity contribution >= 4 is 23.7 Å². The van der Waals surface area contributed by atoms with Gasteiger partial charge in [0.2, 0.25) is 11.9 Å². The molecular weight excluding hydrogens is 366 g/mol. The predicted molar refractivity (Wildman–Crippen MR) is 95.6 cm³/mol. The van der Waals surface area contributed by atoms with Crippen LogP contribution in [-0.4, -0.2) is 39.9 Å². The third kappa shape index (κ3) is 4.46. The molecule has 0 atom stereocenters. The van der Waals surface area contributed by atoms with Gasteiger partial charge in [-0.1, -0.05) is 0 Å². The molecule has 0 saturated carbocycles. The van der Waals surface area contributed by atoms with E-state index in [2.05, 4.69) is 45.2 Å². The van der Waals surface area contributed by atoms with Gasteiger partial charge in [-0.3, -0.25) is 5.32 Å². The minimum atomic E-state index is 0.184. The summed E-state index contributed by atoms with van der Waals surface area (Å²) in [6.45, 7) is 0. The van der Waals surface area contributed by atoms with Crippen LogP contribution in [0.1, 0.15) is 0 Å². The van der Waals surface area contributed by atoms with Gasteiger partial charge in [-0.25, -0.2) is 39.9 Å². The molecule has 0 spiro atoms. The Morgan fingerprint density at radius 1 is 0.704 bits per heavy atom. The highest BCUT2D eigenvalue weighted by Crippen LogP contribution is 2.33. The van der Waals surface area contributed by atoms with Gasteiger partial charge in [0.1, 0.15) is 0 Å². The Balaban J connectivity index is 1.65. The first-order chi connectivity index (χ1) is 13.4. The molecule has 0 aliphatic carbocycles. The van der Waals surface area contributed by atoms with Crippen LogP contribution < -0.4 is 10.1 Å². The number of anilines is 2. The molecule has 1 N–H and O–H groups in total. The molecule has 0 saturated heterocycles. The number of ether oxygens (including phenoxy) is 1. The highest BCUT2D eigenvalue weighted by molar-refractivity contribution is 7.99. The lowest BCUT2D eigenvalue weighted by Gasteiger charge is -2.09. The zero-order valence-electron chi connectivity index (χ0n) is 13.7. The average molecular weight is 377 g/mol. The summed E-state index contributed by atoms with van der Waals surface area (Å²) in [5, 5.41) is 3.93. The molecule has 4 rings (SSSR count). The molecule has 0 aromatic carbocycles. The molecule has 4 heterocycles. The monoisotopic (exact) mass is 377 g/mol. The SMILES string of the molecule is c1cnc(Nc2ncc(Oc3ncccn3)c(Sc3ncccn3)n2)nc1. The Labute approximate surface area is 157 Å². The van der Waals surface area contributed by atoms with E-state index in [-0.39, 0.29) is 6.01 Å². The van der Waals surface area contributed by atoms with E-state index in [1.54, 1.807) is 55.4 Å². The fraction of sp³-hybridized carbons (Fsp3) is 0. The van der Waals surface area contributed by atoms with Gasteiger partial charge < -0.3 is 4.74 Å². The van der Waals surface area contributed by atoms with Crippen molar-refractivity contribution in [3.05, 3.63) is 61.6 Å². The molecule has 0 radical (unpaired) electrons. The van der Waals surface area contributed by atoms with Crippen LogP contribution in [0.3, 0.4) is 0 Å². The number of hydrogen-bond acceptors (Lipinski definition) is 11. The van der Waals surface area contributed by atoms with Crippen molar-refractivity contribution in [1.29, 1.82) is 0 Å². The maximum absolute atomic E-state index is 5.70. The standard InChI is InChI=1S/C16H11N9OS/c1-4-17-13(18-5-1)25-14-23-10-11(26-15-19-6-2-7-20-15)12(24-14)27-16-21-8-3-9-22-16/h1-10H,(H,17,18,23,24,25). The topological polar surface area (TPSA) is 124 Å². The fourth-order valence-electron chi connectivity index (χ4n) is 1.88. The van der Waals surface area contributed by atoms with E-state index in [1.165, 1.54) is 18.0 Å². The van der Waals surface area contributed by atoms with Crippen LogP contribution in [-0.2, 0) is 0 Å². The highest BCUT2D eigenvalue weighted by Gasteiger charge is 2.14. The van der Waals surface area contributed by atoms with E-state index in [9.17, 15) is 0 Å². The van der Waals surface area contributed by atoms with Gasteiger partial charge in [0.15, 0.2) is 15.9 Å². The van der Waals surface area contributed by atoms with Gasteiger partial charge in [0.25, 0.3) is 0 Å². The van der Waals surface area contributed by atoms with Crippen molar-refractivity contribution in [2.24, 2.45) is 0 Å². The van der Waals surface area contributed by atoms with E-state index in [1.807, 2.05) is 0 Å². The summed E-state index contributed by atoms with van der Waals surface area (Å²) in [5.41, 5.74) is 0. The first kappa shape index (κ1) is 16.7. The lowest BCUT2D eigenvalue weighted by atomic mass is 10.6. The Kier molecular flexibility index (Phi) is 5.02. The molecule has 0 amide bonds. The van der Waals surface area contributed by atoms with Crippen molar-refractivity contribution in [2.75, 3.05) is 5.32 Å². The Morgan fingerprint density at radius 2 is 1.33 bits per heavy atom. The number of nitrogens with zero attached hydrogens (tertiary/aromatic N) is 8. The summed E-state index contributed by atoms with van der Waals surface area (Å²) < 4.78 is 5.70. The molecule has 4 aromatic heterocycles. The van der Waals surface area contributed by atoms with Gasteiger partial charge in [0, 0.05) is 37.2 Å². The first-order valence-electron chi connectivity index (χ1n) is 7.68. The minimum Gasteiger partial charge on any atom is -0.420 e. The van der Waals surface area contributed by atoms with Gasteiger partial charge in [0.05, 0.1) is 6.20 Å². The smallest absolute Gasteiger partial charge is 0.322 e. The van der Waals surface area contributed by atoms with Crippen molar-refractivity contribution in [3.8, 4) is 11.8 Å². The van der Waals surface area contributed by atoms with Crippen molar-refractivity contribution in [1.82, 2.24) is 39.9 Å². The molecule has 11 heteroatoms. The molecule has 0 aliphatic rings. The molecular formula is C16H11N9OS. The molecule has 27 heavy (non-hydrogen) atoms. The summed E-state index contributed by atoms with van der Waals surface area (Å²) >= 11 is 1.22. The zero-order chi connectivity index (χ0) is 18.3. The highest BCUT2D eigenvalue weighted by atomic mass is 32.2. The Hall–Kier alpha value is -3.73. The summed E-state index contributed by atoms with van der Waals surface area (Å²) in [7, 11) is 0. The van der Waals surface area contributed by atoms with E-state index in [0.717, 1.165) is 0 Å². The summed E-state index contributed by atoms with van der Waals surface area (Å²) in [5.74, 6) is 1.06. The maximum atomic E-state index is 5.70. The van der Waals surface area contributed by atoms with Crippen LogP contribution in [0.4, 0.5) is 11.9 Å². The van der Waals surface area contributed by atoms with E-state index in [4.69, 9.17) is 4.74 Å². The normalized spacial score (nSPS) is 10.4. The third-order valence-electron chi connectivity index (χ3n) is 2.99. The van der Waals surface area contributed by atoms with E-state index < -0.39 is 0 Å². The van der Waals surface area contributed by atoms with Crippen LogP contribution >= 0.6 is 11.8 Å². The van der Waals surface area contributed by atoms with Crippen LogP contribution in [0, 0.1) is 0 Å². The van der Waals surface area contributed by atoms with Gasteiger partial charge in [-0.2, -0.15) is 0 Å². The third-order valence-corrected chi connectivity index (χ3v) is 3.86. The van der Waals surface area contributed by atoms with Crippen molar-refractivity contribution < 1.29 is 4.74 Å². The van der Waals surface area contributed by atoms with Crippen molar-refractivity contribution in [3.63, 3.8) is 0 Å². The summed E-state index contributed by atoms with van der Waals surface area (Å²) in [6, 6.07) is 5.34. The molecule has 0 bridgehead atoms. The second-order valence-corrected chi connectivity index (χ2v) is 5.78. The number of hydrogen-bond donors (Lipinski definition) is 1. The first-order valence-corrected chi connectivity index (χ1v) is 8.49. The van der Waals surface area contributed by atoms with Crippen LogP contribution in [0.15, 0.2) is 71.8 Å². The van der Waals surface area contributed by atoms with Crippen LogP contribution in [0.5, 0.6) is 11.8 Å². The van der Waals surface area contributed by atoms with Gasteiger partial charge in [-0.15, -0.1) is 0 Å². The molecule has 4 aromatic rings. The number of rotatable bonds is 6. The fourth-order valence-corrected chi connectivity index (χ4v) is 2.61. The summed E-state index contributed by atoms with van der Waals surface area (Å²) in [6.07, 6.45) is 11.2. The van der Waals surface area contributed by atoms with Crippen LogP contribution in [0.2, 0.25) is 0 Å². The van der Waals surface area contributed by atoms with Crippen molar-refractivity contribution in [2.45, 2.75) is 10.2 Å². The quantitative estimate of drug-likeness (QED) is 0.393. The maximum Gasteiger partial charge on any atom is 0.322 e. The predicted octanol–water partition coefficient (Wildman–Crippen LogP) is 2.53. The average Bonchev–Trinajstić information content (AvgIpc) is 2.72. The Bertz CT molecular complexity index is 1010. The second-order valence-electron chi connectivity index (χ2n) is 4.83. The number of aromatic nitrogens is 8. The number of nitrogens with one attached hydrogen (secondary N) is 1. The minimum absolute atomic E-state index is 0.184. The van der Waals surface area contributed by atoms with Gasteiger partial charge in [-0.05, 0) is 30.0 Å². The summed E-state index contributed by atoms with van der Waals surface area (Å²) in [4.78, 5) is 33.4. The van der Waals surface area contributed by atoms with E-state index >= 15 is 0 Å². The van der Waals surface area contributed by atoms with Crippen LogP contribution in [0.25, 0.3) is 0 Å². The molecule has 0 aliphatic heterocycles. The zero-order valence-corrected chi connectivity index (χ0v) is 14.5. The largest absolute Gasteiger partial charge is 0.420 e. The molecule has 132 valence electrons. The lowest BCUT2D eigenvalue weighted by Crippen LogP contribution is -2.03. The second kappa shape index (κ2) is 8.10. The molecule has 0 fully saturated rings. The Morgan fingerprint density at radius 3 is 2.04 bits per heavy atom. The molecule has 10 nitrogen and oxygen atoms in total. The molecule has 0 unspecified atom stereocenters. The van der Waals surface area contributed by atoms with E-state index in [0.29, 0.717) is 27.8 Å². The lowest BCUT2D eigenvalue weighted by molar-refractivity contribution is 0.425. The van der Waals surface area contributed by atoms with Gasteiger partial charge >= 0.3 is 6.01 Å².